The van der Waals surface area contributed by atoms with Crippen LogP contribution in [0, 0.1) is 0 Å². The fourth-order valence-corrected chi connectivity index (χ4v) is 1.80. The molecule has 1 N–H and O–H groups in total. The van der Waals surface area contributed by atoms with Gasteiger partial charge in [0.05, 0.1) is 0 Å². The monoisotopic (exact) mass is 287 g/mol. The van der Waals surface area contributed by atoms with Crippen LogP contribution in [0.4, 0.5) is 5.82 Å². The number of benzene rings is 1. The van der Waals surface area contributed by atoms with Crippen molar-refractivity contribution in [3.63, 3.8) is 0 Å². The minimum atomic E-state index is 0.445. The number of anilines is 1. The highest BCUT2D eigenvalue weighted by molar-refractivity contribution is 5.38. The highest BCUT2D eigenvalue weighted by Gasteiger charge is 2.04. The number of para-hydroxylation sites is 1. The zero-order valence-corrected chi connectivity index (χ0v) is 12.5. The topological polar surface area (TPSA) is 56.3 Å². The lowest BCUT2D eigenvalue weighted by atomic mass is 10.3. The maximum atomic E-state index is 5.64. The third-order valence-corrected chi connectivity index (χ3v) is 2.77. The average Bonchev–Trinajstić information content (AvgIpc) is 2.53. The van der Waals surface area contributed by atoms with E-state index in [1.807, 2.05) is 50.2 Å². The Kier molecular flexibility index (Phi) is 5.82. The van der Waals surface area contributed by atoms with Crippen LogP contribution >= 0.6 is 0 Å². The van der Waals surface area contributed by atoms with Crippen molar-refractivity contribution >= 4 is 5.82 Å². The Hall–Kier alpha value is -2.30. The molecule has 1 aromatic carbocycles. The standard InChI is InChI=1S/C16H21N3O2/c1-3-14-18-15(17-4-2)12-16(19-14)21-11-10-20-13-8-6-5-7-9-13/h5-9,12H,3-4,10-11H2,1-2H3,(H,17,18,19). The second kappa shape index (κ2) is 8.09. The number of nitrogens with one attached hydrogen (secondary N) is 1. The van der Waals surface area contributed by atoms with Gasteiger partial charge in [-0.2, -0.15) is 4.98 Å². The van der Waals surface area contributed by atoms with Crippen molar-refractivity contribution in [1.82, 2.24) is 9.97 Å². The summed E-state index contributed by atoms with van der Waals surface area (Å²) in [6.45, 7) is 5.79. The van der Waals surface area contributed by atoms with Gasteiger partial charge in [-0.15, -0.1) is 0 Å². The van der Waals surface area contributed by atoms with E-state index in [0.29, 0.717) is 19.1 Å². The Labute approximate surface area is 125 Å². The van der Waals surface area contributed by atoms with Crippen molar-refractivity contribution in [2.45, 2.75) is 20.3 Å². The molecule has 2 aromatic rings. The van der Waals surface area contributed by atoms with E-state index < -0.39 is 0 Å². The Bertz CT molecular complexity index is 546. The largest absolute Gasteiger partial charge is 0.490 e. The summed E-state index contributed by atoms with van der Waals surface area (Å²) in [7, 11) is 0. The fourth-order valence-electron chi connectivity index (χ4n) is 1.80. The van der Waals surface area contributed by atoms with Crippen molar-refractivity contribution < 1.29 is 9.47 Å². The maximum Gasteiger partial charge on any atom is 0.218 e. The van der Waals surface area contributed by atoms with Crippen LogP contribution in [0.1, 0.15) is 19.7 Å². The summed E-state index contributed by atoms with van der Waals surface area (Å²) in [5.41, 5.74) is 0. The normalized spacial score (nSPS) is 10.2. The van der Waals surface area contributed by atoms with Crippen molar-refractivity contribution in [3.8, 4) is 11.6 Å². The van der Waals surface area contributed by atoms with Gasteiger partial charge in [0.25, 0.3) is 0 Å². The molecule has 21 heavy (non-hydrogen) atoms. The first-order valence-electron chi connectivity index (χ1n) is 7.24. The summed E-state index contributed by atoms with van der Waals surface area (Å²) in [4.78, 5) is 8.73. The molecule has 0 spiro atoms. The first-order valence-corrected chi connectivity index (χ1v) is 7.24. The summed E-state index contributed by atoms with van der Waals surface area (Å²) in [6.07, 6.45) is 0.774. The predicted molar refractivity (Wildman–Crippen MR) is 83.0 cm³/mol. The third kappa shape index (κ3) is 4.95. The fraction of sp³-hybridized carbons (Fsp3) is 0.375. The Morgan fingerprint density at radius 2 is 1.76 bits per heavy atom. The molecule has 0 aliphatic heterocycles. The molecule has 0 amide bonds. The molecule has 0 fully saturated rings. The maximum absolute atomic E-state index is 5.64. The average molecular weight is 287 g/mol. The van der Waals surface area contributed by atoms with E-state index in [2.05, 4.69) is 15.3 Å². The van der Waals surface area contributed by atoms with E-state index in [-0.39, 0.29) is 0 Å². The minimum absolute atomic E-state index is 0.445. The molecule has 2 rings (SSSR count). The lowest BCUT2D eigenvalue weighted by Gasteiger charge is -2.10. The number of aromatic nitrogens is 2. The van der Waals surface area contributed by atoms with Gasteiger partial charge in [0.2, 0.25) is 5.88 Å². The zero-order valence-electron chi connectivity index (χ0n) is 12.5. The molecule has 0 bridgehead atoms. The van der Waals surface area contributed by atoms with E-state index >= 15 is 0 Å². The number of hydrogen-bond acceptors (Lipinski definition) is 5. The van der Waals surface area contributed by atoms with Crippen LogP contribution in [0.25, 0.3) is 0 Å². The summed E-state index contributed by atoms with van der Waals surface area (Å²) in [5, 5.41) is 3.18. The van der Waals surface area contributed by atoms with E-state index in [9.17, 15) is 0 Å². The number of aryl methyl sites for hydroxylation is 1. The third-order valence-electron chi connectivity index (χ3n) is 2.77. The molecular weight excluding hydrogens is 266 g/mol. The van der Waals surface area contributed by atoms with Crippen molar-refractivity contribution in [1.29, 1.82) is 0 Å². The molecule has 0 aliphatic rings. The van der Waals surface area contributed by atoms with E-state index in [1.54, 1.807) is 0 Å². The van der Waals surface area contributed by atoms with Crippen molar-refractivity contribution in [3.05, 3.63) is 42.2 Å². The van der Waals surface area contributed by atoms with Gasteiger partial charge in [-0.3, -0.25) is 0 Å². The summed E-state index contributed by atoms with van der Waals surface area (Å²) in [5.74, 6) is 2.98. The lowest BCUT2D eigenvalue weighted by Crippen LogP contribution is -2.11. The van der Waals surface area contributed by atoms with Crippen LogP contribution in [-0.4, -0.2) is 29.7 Å². The van der Waals surface area contributed by atoms with Crippen molar-refractivity contribution in [2.24, 2.45) is 0 Å². The van der Waals surface area contributed by atoms with Crippen LogP contribution in [0.15, 0.2) is 36.4 Å². The van der Waals surface area contributed by atoms with Gasteiger partial charge in [-0.25, -0.2) is 4.98 Å². The lowest BCUT2D eigenvalue weighted by molar-refractivity contribution is 0.211. The minimum Gasteiger partial charge on any atom is -0.490 e. The van der Waals surface area contributed by atoms with Gasteiger partial charge < -0.3 is 14.8 Å². The van der Waals surface area contributed by atoms with E-state index in [1.165, 1.54) is 0 Å². The molecular formula is C16H21N3O2. The number of hydrogen-bond donors (Lipinski definition) is 1. The van der Waals surface area contributed by atoms with E-state index in [0.717, 1.165) is 30.4 Å². The van der Waals surface area contributed by atoms with Gasteiger partial charge >= 0.3 is 0 Å². The van der Waals surface area contributed by atoms with Crippen LogP contribution in [-0.2, 0) is 6.42 Å². The van der Waals surface area contributed by atoms with E-state index in [4.69, 9.17) is 9.47 Å². The molecule has 1 heterocycles. The van der Waals surface area contributed by atoms with Crippen LogP contribution in [0.3, 0.4) is 0 Å². The number of rotatable bonds is 8. The molecule has 112 valence electrons. The van der Waals surface area contributed by atoms with Gasteiger partial charge in [0.1, 0.15) is 30.6 Å². The molecule has 0 saturated heterocycles. The first kappa shape index (κ1) is 15.1. The zero-order chi connectivity index (χ0) is 14.9. The van der Waals surface area contributed by atoms with Crippen LogP contribution in [0.2, 0.25) is 0 Å². The highest BCUT2D eigenvalue weighted by atomic mass is 16.5. The SMILES string of the molecule is CCNc1cc(OCCOc2ccccc2)nc(CC)n1. The first-order chi connectivity index (χ1) is 10.3. The summed E-state index contributed by atoms with van der Waals surface area (Å²) >= 11 is 0. The Balaban J connectivity index is 1.86. The number of nitrogens with zero attached hydrogens (tertiary/aromatic N) is 2. The molecule has 0 atom stereocenters. The highest BCUT2D eigenvalue weighted by Crippen LogP contribution is 2.14. The molecule has 0 radical (unpaired) electrons. The predicted octanol–water partition coefficient (Wildman–Crippen LogP) is 2.93. The second-order valence-corrected chi connectivity index (χ2v) is 4.40. The number of ether oxygens (including phenoxy) is 2. The van der Waals surface area contributed by atoms with Gasteiger partial charge in [-0.1, -0.05) is 25.1 Å². The van der Waals surface area contributed by atoms with Crippen molar-refractivity contribution in [2.75, 3.05) is 25.1 Å². The van der Waals surface area contributed by atoms with Crippen LogP contribution < -0.4 is 14.8 Å². The second-order valence-electron chi connectivity index (χ2n) is 4.40. The van der Waals surface area contributed by atoms with Gasteiger partial charge in [0.15, 0.2) is 0 Å². The van der Waals surface area contributed by atoms with Crippen LogP contribution in [0.5, 0.6) is 11.6 Å². The molecule has 0 saturated carbocycles. The quantitative estimate of drug-likeness (QED) is 0.757. The smallest absolute Gasteiger partial charge is 0.218 e. The van der Waals surface area contributed by atoms with Gasteiger partial charge in [0, 0.05) is 19.0 Å². The molecule has 0 unspecified atom stereocenters. The molecule has 0 aliphatic carbocycles. The molecule has 5 nitrogen and oxygen atoms in total. The Morgan fingerprint density at radius 3 is 2.48 bits per heavy atom. The summed E-state index contributed by atoms with van der Waals surface area (Å²) < 4.78 is 11.2. The molecule has 5 heteroatoms. The van der Waals surface area contributed by atoms with Gasteiger partial charge in [-0.05, 0) is 19.1 Å². The summed E-state index contributed by atoms with van der Waals surface area (Å²) in [6, 6.07) is 11.5. The molecule has 1 aromatic heterocycles. The Morgan fingerprint density at radius 1 is 1.00 bits per heavy atom.